The molecular weight excluding hydrogens is 965 g/mol. The number of carbonyl (C=O) groups is 9. The molecule has 0 spiro atoms. The van der Waals surface area contributed by atoms with Gasteiger partial charge in [-0.15, -0.1) is 0 Å². The third-order valence-electron chi connectivity index (χ3n) is 12.7. The van der Waals surface area contributed by atoms with E-state index in [1.165, 1.54) is 53.2 Å². The van der Waals surface area contributed by atoms with E-state index >= 15 is 0 Å². The SMILES string of the molecule is COCCOCC(=O)N[C@@H](C)C(=O)N[C@@H](C)C(=O)N[C@@H](CC(N)=O)C(=O)NC(CC(C)C)C(=O)N[C@H]1C[C@H](O[C@H]2C[C@](O)(C(=O)CO)Cc3c(O)c4c(c(O)c32)C(=O)c2c(OC)cccc2C4=O)O[C@@H](C)[C@H]1O. The minimum atomic E-state index is -2.46. The van der Waals surface area contributed by atoms with Crippen LogP contribution in [-0.2, 0) is 58.9 Å². The third-order valence-corrected chi connectivity index (χ3v) is 12.7. The van der Waals surface area contributed by atoms with Crippen molar-refractivity contribution < 1.29 is 92.4 Å². The van der Waals surface area contributed by atoms with Crippen LogP contribution in [0.1, 0.15) is 109 Å². The van der Waals surface area contributed by atoms with Gasteiger partial charge in [-0.05, 0) is 39.2 Å². The van der Waals surface area contributed by atoms with Crippen LogP contribution in [0.15, 0.2) is 18.2 Å². The molecule has 0 bridgehead atoms. The summed E-state index contributed by atoms with van der Waals surface area (Å²) in [6, 6.07) is -2.48. The van der Waals surface area contributed by atoms with Gasteiger partial charge in [-0.3, -0.25) is 43.2 Å². The fraction of sp³-hybridized carbons (Fsp3) is 0.562. The number of hydrogen-bond acceptors (Lipinski definition) is 19. The number of methoxy groups -OCH3 is 2. The maximum Gasteiger partial charge on any atom is 0.246 e. The van der Waals surface area contributed by atoms with Crippen LogP contribution in [0.4, 0.5) is 0 Å². The Morgan fingerprint density at radius 3 is 2.12 bits per heavy atom. The highest BCUT2D eigenvalue weighted by molar-refractivity contribution is 6.31. The van der Waals surface area contributed by atoms with Crippen molar-refractivity contribution in [3.8, 4) is 17.2 Å². The Morgan fingerprint density at radius 2 is 1.49 bits per heavy atom. The quantitative estimate of drug-likeness (QED) is 0.0352. The van der Waals surface area contributed by atoms with Gasteiger partial charge in [-0.2, -0.15) is 0 Å². The number of nitrogens with two attached hydrogens (primary N) is 1. The zero-order valence-electron chi connectivity index (χ0n) is 41.4. The zero-order chi connectivity index (χ0) is 54.2. The van der Waals surface area contributed by atoms with E-state index in [1.54, 1.807) is 13.8 Å². The van der Waals surface area contributed by atoms with Crippen molar-refractivity contribution in [1.29, 1.82) is 0 Å². The topological polar surface area (TPSA) is 387 Å². The molecule has 0 radical (unpaired) electrons. The number of hydrogen-bond donors (Lipinski definition) is 11. The summed E-state index contributed by atoms with van der Waals surface area (Å²) in [5.41, 5.74) is 0.787. The van der Waals surface area contributed by atoms with Crippen molar-refractivity contribution in [3.63, 3.8) is 0 Å². The summed E-state index contributed by atoms with van der Waals surface area (Å²) < 4.78 is 27.5. The lowest BCUT2D eigenvalue weighted by Gasteiger charge is -2.43. The molecule has 1 aliphatic heterocycles. The first kappa shape index (κ1) is 57.3. The van der Waals surface area contributed by atoms with Gasteiger partial charge in [0.1, 0.15) is 66.3 Å². The van der Waals surface area contributed by atoms with Crippen LogP contribution in [0, 0.1) is 5.92 Å². The number of benzene rings is 2. The molecule has 3 aliphatic rings. The highest BCUT2D eigenvalue weighted by Gasteiger charge is 2.50. The Hall–Kier alpha value is -6.61. The molecule has 6 amide bonds. The van der Waals surface area contributed by atoms with E-state index in [1.807, 2.05) is 0 Å². The number of phenols is 2. The van der Waals surface area contributed by atoms with Crippen LogP contribution in [0.5, 0.6) is 17.2 Å². The number of amides is 6. The van der Waals surface area contributed by atoms with Crippen LogP contribution in [0.25, 0.3) is 0 Å². The number of aromatic hydroxyl groups is 2. The second-order valence-corrected chi connectivity index (χ2v) is 18.6. The number of Topliss-reactive ketones (excluding diaryl/α,β-unsaturated/α-hetero) is 1. The Bertz CT molecular complexity index is 2480. The summed E-state index contributed by atoms with van der Waals surface area (Å²) >= 11 is 0. The maximum absolute atomic E-state index is 14.1. The number of aliphatic hydroxyl groups excluding tert-OH is 2. The smallest absolute Gasteiger partial charge is 0.246 e. The van der Waals surface area contributed by atoms with Gasteiger partial charge in [0.25, 0.3) is 0 Å². The molecule has 1 unspecified atom stereocenters. The number of carbonyl (C=O) groups excluding carboxylic acids is 9. The molecule has 5 rings (SSSR count). The molecule has 1 fully saturated rings. The Labute approximate surface area is 419 Å². The molecule has 2 aliphatic carbocycles. The molecule has 12 N–H and O–H groups in total. The van der Waals surface area contributed by atoms with Gasteiger partial charge in [0.2, 0.25) is 41.2 Å². The molecule has 400 valence electrons. The van der Waals surface area contributed by atoms with Gasteiger partial charge in [0.05, 0.1) is 61.7 Å². The van der Waals surface area contributed by atoms with Crippen molar-refractivity contribution in [2.75, 3.05) is 40.6 Å². The van der Waals surface area contributed by atoms with E-state index < -0.39 is 162 Å². The van der Waals surface area contributed by atoms with Crippen LogP contribution >= 0.6 is 0 Å². The van der Waals surface area contributed by atoms with Gasteiger partial charge in [0, 0.05) is 43.1 Å². The fourth-order valence-electron chi connectivity index (χ4n) is 8.88. The van der Waals surface area contributed by atoms with Crippen molar-refractivity contribution >= 4 is 52.8 Å². The summed E-state index contributed by atoms with van der Waals surface area (Å²) in [4.78, 5) is 119. The second kappa shape index (κ2) is 24.4. The number of aliphatic hydroxyl groups is 3. The zero-order valence-corrected chi connectivity index (χ0v) is 41.4. The lowest BCUT2D eigenvalue weighted by Crippen LogP contribution is -2.61. The van der Waals surface area contributed by atoms with Crippen LogP contribution in [0.3, 0.4) is 0 Å². The van der Waals surface area contributed by atoms with Crippen LogP contribution in [-0.4, -0.2) is 173 Å². The average molecular weight is 1030 g/mol. The molecule has 2 aromatic rings. The van der Waals surface area contributed by atoms with Gasteiger partial charge in [-0.25, -0.2) is 0 Å². The molecule has 1 heterocycles. The van der Waals surface area contributed by atoms with E-state index in [2.05, 4.69) is 26.6 Å². The number of nitrogens with one attached hydrogen (secondary N) is 5. The Balaban J connectivity index is 1.34. The highest BCUT2D eigenvalue weighted by Crippen LogP contribution is 2.52. The normalized spacial score (nSPS) is 22.8. The first-order valence-electron chi connectivity index (χ1n) is 23.5. The third kappa shape index (κ3) is 13.1. The van der Waals surface area contributed by atoms with Gasteiger partial charge >= 0.3 is 0 Å². The van der Waals surface area contributed by atoms with Crippen molar-refractivity contribution in [1.82, 2.24) is 26.6 Å². The number of phenolic OH excluding ortho intramolecular Hbond substituents is 2. The highest BCUT2D eigenvalue weighted by atomic mass is 16.7. The number of ether oxygens (including phenoxy) is 5. The van der Waals surface area contributed by atoms with E-state index in [4.69, 9.17) is 29.4 Å². The van der Waals surface area contributed by atoms with Crippen molar-refractivity contribution in [3.05, 3.63) is 51.6 Å². The lowest BCUT2D eigenvalue weighted by atomic mass is 9.72. The van der Waals surface area contributed by atoms with Crippen molar-refractivity contribution in [2.45, 2.75) is 127 Å². The molecule has 0 saturated carbocycles. The molecule has 73 heavy (non-hydrogen) atoms. The molecule has 1 saturated heterocycles. The molecule has 25 nitrogen and oxygen atoms in total. The van der Waals surface area contributed by atoms with E-state index in [-0.39, 0.29) is 66.6 Å². The van der Waals surface area contributed by atoms with Gasteiger partial charge in [-0.1, -0.05) is 26.0 Å². The average Bonchev–Trinajstić information content (AvgIpc) is 3.33. The minimum absolute atomic E-state index is 0.00178. The van der Waals surface area contributed by atoms with E-state index in [9.17, 15) is 68.7 Å². The second-order valence-electron chi connectivity index (χ2n) is 18.6. The lowest BCUT2D eigenvalue weighted by molar-refractivity contribution is -0.249. The summed E-state index contributed by atoms with van der Waals surface area (Å²) in [5.74, 6) is -9.97. The first-order valence-corrected chi connectivity index (χ1v) is 23.5. The number of rotatable bonds is 23. The standard InChI is InChI=1S/C48H64N6O19/c1-20(2)13-27(54-47(67)28(14-32(49)57)53-45(65)22(4)51-44(64)21(3)50-33(58)19-71-12-11-69-6)46(66)52-26-15-34(72-23(5)39(26)59)73-30-17-48(68,31(56)18-55)16-25-36(30)43(63)38-37(41(25)61)40(60)24-9-8-10-29(70-7)35(24)42(38)62/h8-10,20-23,26-28,30,34,39,55,59,61,63,68H,11-19H2,1-7H3,(H2,49,57)(H,50,58)(H,51,64)(H,52,66)(H,53,65)(H,54,67)/t21-,22-,23-,26-,27?,28-,30-,34-,39+,48-/m0/s1. The van der Waals surface area contributed by atoms with Gasteiger partial charge < -0.3 is 81.5 Å². The molecule has 0 aromatic heterocycles. The maximum atomic E-state index is 14.1. The molecule has 25 heteroatoms. The predicted octanol–water partition coefficient (Wildman–Crippen LogP) is -2.28. The summed E-state index contributed by atoms with van der Waals surface area (Å²) in [6.07, 6.45) is -8.13. The molecular formula is C48H64N6O19. The minimum Gasteiger partial charge on any atom is -0.507 e. The monoisotopic (exact) mass is 1030 g/mol. The predicted molar refractivity (Wildman–Crippen MR) is 251 cm³/mol. The van der Waals surface area contributed by atoms with Gasteiger partial charge in [0.15, 0.2) is 17.9 Å². The number of primary amides is 1. The Kier molecular flexibility index (Phi) is 19.2. The fourth-order valence-corrected chi connectivity index (χ4v) is 8.88. The first-order chi connectivity index (χ1) is 34.4. The molecule has 10 atom stereocenters. The summed E-state index contributed by atoms with van der Waals surface area (Å²) in [5, 5.41) is 68.9. The van der Waals surface area contributed by atoms with Crippen LogP contribution in [0.2, 0.25) is 0 Å². The van der Waals surface area contributed by atoms with Crippen LogP contribution < -0.4 is 37.1 Å². The number of fused-ring (bicyclic) bond motifs is 3. The largest absolute Gasteiger partial charge is 0.507 e. The number of ketones is 3. The summed E-state index contributed by atoms with van der Waals surface area (Å²) in [7, 11) is 2.72. The Morgan fingerprint density at radius 1 is 0.849 bits per heavy atom. The molecule has 2 aromatic carbocycles. The van der Waals surface area contributed by atoms with E-state index in [0.29, 0.717) is 0 Å². The van der Waals surface area contributed by atoms with Crippen molar-refractivity contribution in [2.24, 2.45) is 11.7 Å². The summed E-state index contributed by atoms with van der Waals surface area (Å²) in [6.45, 7) is 6.41. The van der Waals surface area contributed by atoms with E-state index in [0.717, 1.165) is 0 Å².